The van der Waals surface area contributed by atoms with Crippen molar-refractivity contribution in [3.05, 3.63) is 24.3 Å². The van der Waals surface area contributed by atoms with Gasteiger partial charge in [0.15, 0.2) is 0 Å². The highest BCUT2D eigenvalue weighted by molar-refractivity contribution is 6.16. The van der Waals surface area contributed by atoms with Crippen LogP contribution in [0.1, 0.15) is 32.6 Å². The van der Waals surface area contributed by atoms with Crippen molar-refractivity contribution < 1.29 is 9.59 Å². The Labute approximate surface area is 90.5 Å². The van der Waals surface area contributed by atoms with E-state index in [1.165, 1.54) is 11.0 Å². The summed E-state index contributed by atoms with van der Waals surface area (Å²) >= 11 is 0. The van der Waals surface area contributed by atoms with Crippen molar-refractivity contribution in [2.45, 2.75) is 32.6 Å². The molecule has 0 aromatic carbocycles. The van der Waals surface area contributed by atoms with Gasteiger partial charge < -0.3 is 0 Å². The molecule has 0 unspecified atom stereocenters. The molecule has 0 spiro atoms. The summed E-state index contributed by atoms with van der Waals surface area (Å²) in [6.07, 6.45) is 6.93. The Hall–Kier alpha value is -1.38. The van der Waals surface area contributed by atoms with Crippen LogP contribution < -0.4 is 0 Å². The maximum absolute atomic E-state index is 11.7. The second-order valence-electron chi connectivity index (χ2n) is 3.67. The highest BCUT2D eigenvalue weighted by Gasteiger charge is 2.28. The molecule has 1 aliphatic rings. The van der Waals surface area contributed by atoms with Crippen LogP contribution in [-0.2, 0) is 9.59 Å². The first kappa shape index (κ1) is 11.7. The van der Waals surface area contributed by atoms with E-state index < -0.39 is 0 Å². The van der Waals surface area contributed by atoms with Gasteiger partial charge in [-0.05, 0) is 12.8 Å². The predicted octanol–water partition coefficient (Wildman–Crippen LogP) is 2.05. The molecule has 0 fully saturated rings. The molecule has 3 heteroatoms. The number of hydrogen-bond acceptors (Lipinski definition) is 2. The highest BCUT2D eigenvalue weighted by Crippen LogP contribution is 2.18. The van der Waals surface area contributed by atoms with Gasteiger partial charge >= 0.3 is 0 Å². The average Bonchev–Trinajstić information content (AvgIpc) is 2.47. The lowest BCUT2D eigenvalue weighted by Gasteiger charge is -2.11. The van der Waals surface area contributed by atoms with Crippen LogP contribution in [0.5, 0.6) is 0 Å². The summed E-state index contributed by atoms with van der Waals surface area (Å²) in [6, 6.07) is 0. The predicted molar refractivity (Wildman–Crippen MR) is 59.1 cm³/mol. The monoisotopic (exact) mass is 207 g/mol. The molecule has 0 atom stereocenters. The number of nitrogens with zero attached hydrogens (tertiary/aromatic N) is 1. The standard InChI is InChI=1S/C12H17NO2/c1-3-5-6-7-10-9-11(14)13(8-4-2)12(10)15/h4,9H,2-3,5-8H2,1H3. The summed E-state index contributed by atoms with van der Waals surface area (Å²) in [7, 11) is 0. The molecule has 1 aliphatic heterocycles. The lowest BCUT2D eigenvalue weighted by atomic mass is 10.1. The van der Waals surface area contributed by atoms with E-state index in [1.807, 2.05) is 0 Å². The number of rotatable bonds is 6. The van der Waals surface area contributed by atoms with E-state index in [0.717, 1.165) is 19.3 Å². The molecule has 0 N–H and O–H groups in total. The third kappa shape index (κ3) is 2.78. The molecular weight excluding hydrogens is 190 g/mol. The first-order valence-electron chi connectivity index (χ1n) is 5.38. The maximum atomic E-state index is 11.7. The molecule has 0 bridgehead atoms. The molecule has 1 rings (SSSR count). The van der Waals surface area contributed by atoms with Crippen LogP contribution in [0.3, 0.4) is 0 Å². The lowest BCUT2D eigenvalue weighted by Crippen LogP contribution is -2.31. The van der Waals surface area contributed by atoms with Crippen molar-refractivity contribution in [3.8, 4) is 0 Å². The van der Waals surface area contributed by atoms with Crippen LogP contribution in [0.15, 0.2) is 24.3 Å². The van der Waals surface area contributed by atoms with E-state index in [-0.39, 0.29) is 11.8 Å². The zero-order chi connectivity index (χ0) is 11.3. The minimum absolute atomic E-state index is 0.143. The number of carbonyl (C=O) groups excluding carboxylic acids is 2. The van der Waals surface area contributed by atoms with Crippen molar-refractivity contribution in [3.63, 3.8) is 0 Å². The Kier molecular flexibility index (Phi) is 4.28. The highest BCUT2D eigenvalue weighted by atomic mass is 16.2. The Bertz CT molecular complexity index is 305. The van der Waals surface area contributed by atoms with Crippen LogP contribution >= 0.6 is 0 Å². The number of unbranched alkanes of at least 4 members (excludes halogenated alkanes) is 2. The first-order chi connectivity index (χ1) is 7.20. The van der Waals surface area contributed by atoms with Crippen molar-refractivity contribution in [2.75, 3.05) is 6.54 Å². The topological polar surface area (TPSA) is 37.4 Å². The molecule has 1 heterocycles. The maximum Gasteiger partial charge on any atom is 0.257 e. The van der Waals surface area contributed by atoms with E-state index >= 15 is 0 Å². The fourth-order valence-corrected chi connectivity index (χ4v) is 1.61. The van der Waals surface area contributed by atoms with Crippen molar-refractivity contribution in [1.82, 2.24) is 4.90 Å². The van der Waals surface area contributed by atoms with Crippen LogP contribution in [0.4, 0.5) is 0 Å². The van der Waals surface area contributed by atoms with Gasteiger partial charge in [0.25, 0.3) is 11.8 Å². The molecule has 0 aromatic rings. The quantitative estimate of drug-likeness (QED) is 0.380. The fourth-order valence-electron chi connectivity index (χ4n) is 1.61. The van der Waals surface area contributed by atoms with Gasteiger partial charge in [-0.15, -0.1) is 6.58 Å². The van der Waals surface area contributed by atoms with E-state index in [9.17, 15) is 9.59 Å². The normalized spacial score (nSPS) is 15.8. The van der Waals surface area contributed by atoms with E-state index in [4.69, 9.17) is 0 Å². The molecular formula is C12H17NO2. The first-order valence-corrected chi connectivity index (χ1v) is 5.38. The van der Waals surface area contributed by atoms with Gasteiger partial charge in [0.2, 0.25) is 0 Å². The van der Waals surface area contributed by atoms with Crippen LogP contribution in [0.2, 0.25) is 0 Å². The van der Waals surface area contributed by atoms with Gasteiger partial charge in [0, 0.05) is 18.2 Å². The summed E-state index contributed by atoms with van der Waals surface area (Å²) in [5.41, 5.74) is 0.648. The van der Waals surface area contributed by atoms with E-state index in [0.29, 0.717) is 18.5 Å². The van der Waals surface area contributed by atoms with Crippen LogP contribution in [-0.4, -0.2) is 23.3 Å². The second-order valence-corrected chi connectivity index (χ2v) is 3.67. The van der Waals surface area contributed by atoms with Crippen molar-refractivity contribution in [1.29, 1.82) is 0 Å². The third-order valence-corrected chi connectivity index (χ3v) is 2.44. The zero-order valence-corrected chi connectivity index (χ0v) is 9.16. The smallest absolute Gasteiger partial charge is 0.257 e. The van der Waals surface area contributed by atoms with Gasteiger partial charge in [0.1, 0.15) is 0 Å². The molecule has 2 amide bonds. The zero-order valence-electron chi connectivity index (χ0n) is 9.16. The van der Waals surface area contributed by atoms with Crippen LogP contribution in [0.25, 0.3) is 0 Å². The Morgan fingerprint density at radius 2 is 2.13 bits per heavy atom. The van der Waals surface area contributed by atoms with E-state index in [2.05, 4.69) is 13.5 Å². The summed E-state index contributed by atoms with van der Waals surface area (Å²) in [5.74, 6) is -0.345. The largest absolute Gasteiger partial charge is 0.271 e. The molecule has 15 heavy (non-hydrogen) atoms. The van der Waals surface area contributed by atoms with Gasteiger partial charge in [-0.1, -0.05) is 25.8 Å². The number of carbonyl (C=O) groups is 2. The number of amides is 2. The molecule has 3 nitrogen and oxygen atoms in total. The lowest BCUT2D eigenvalue weighted by molar-refractivity contribution is -0.136. The molecule has 0 saturated carbocycles. The molecule has 0 aliphatic carbocycles. The average molecular weight is 207 g/mol. The van der Waals surface area contributed by atoms with E-state index in [1.54, 1.807) is 6.08 Å². The minimum Gasteiger partial charge on any atom is -0.271 e. The summed E-state index contributed by atoms with van der Waals surface area (Å²) in [6.45, 7) is 5.95. The van der Waals surface area contributed by atoms with Gasteiger partial charge in [0.05, 0.1) is 0 Å². The summed E-state index contributed by atoms with van der Waals surface area (Å²) in [5, 5.41) is 0. The number of imide groups is 1. The number of hydrogen-bond donors (Lipinski definition) is 0. The SMILES string of the molecule is C=CCN1C(=O)C=C(CCCCC)C1=O. The minimum atomic E-state index is -0.202. The second kappa shape index (κ2) is 5.49. The molecule has 0 radical (unpaired) electrons. The Balaban J connectivity index is 2.53. The third-order valence-electron chi connectivity index (χ3n) is 2.44. The molecule has 0 aromatic heterocycles. The fraction of sp³-hybridized carbons (Fsp3) is 0.500. The van der Waals surface area contributed by atoms with Crippen LogP contribution in [0, 0.1) is 0 Å². The Morgan fingerprint density at radius 1 is 1.40 bits per heavy atom. The van der Waals surface area contributed by atoms with Gasteiger partial charge in [-0.2, -0.15) is 0 Å². The summed E-state index contributed by atoms with van der Waals surface area (Å²) < 4.78 is 0. The molecule has 82 valence electrons. The van der Waals surface area contributed by atoms with Gasteiger partial charge in [-0.3, -0.25) is 14.5 Å². The molecule has 0 saturated heterocycles. The Morgan fingerprint density at radius 3 is 2.73 bits per heavy atom. The van der Waals surface area contributed by atoms with Gasteiger partial charge in [-0.25, -0.2) is 0 Å². The van der Waals surface area contributed by atoms with Crippen molar-refractivity contribution >= 4 is 11.8 Å². The summed E-state index contributed by atoms with van der Waals surface area (Å²) in [4.78, 5) is 24.3. The van der Waals surface area contributed by atoms with Crippen molar-refractivity contribution in [2.24, 2.45) is 0 Å².